The number of hydrazone groups is 1. The van der Waals surface area contributed by atoms with E-state index in [1.165, 1.54) is 0 Å². The average Bonchev–Trinajstić information content (AvgIpc) is 3.08. The second kappa shape index (κ2) is 6.91. The van der Waals surface area contributed by atoms with Crippen LogP contribution in [0.1, 0.15) is 23.6 Å². The van der Waals surface area contributed by atoms with Crippen molar-refractivity contribution in [2.45, 2.75) is 12.5 Å². The molecule has 0 fully saturated rings. The summed E-state index contributed by atoms with van der Waals surface area (Å²) in [4.78, 5) is 0. The van der Waals surface area contributed by atoms with Gasteiger partial charge in [0.2, 0.25) is 0 Å². The molecule has 25 heavy (non-hydrogen) atoms. The van der Waals surface area contributed by atoms with E-state index in [-0.39, 0.29) is 6.04 Å². The second-order valence-electron chi connectivity index (χ2n) is 5.98. The van der Waals surface area contributed by atoms with E-state index in [2.05, 4.69) is 23.2 Å². The normalized spacial score (nSPS) is 16.8. The summed E-state index contributed by atoms with van der Waals surface area (Å²) in [5.41, 5.74) is 4.25. The zero-order valence-corrected chi connectivity index (χ0v) is 15.0. The average molecular weight is 367 g/mol. The molecule has 124 valence electrons. The van der Waals surface area contributed by atoms with Crippen molar-refractivity contribution in [1.29, 1.82) is 0 Å². The first kappa shape index (κ1) is 16.2. The highest BCUT2D eigenvalue weighted by molar-refractivity contribution is 6.31. The van der Waals surface area contributed by atoms with Crippen molar-refractivity contribution in [2.75, 3.05) is 5.01 Å². The van der Waals surface area contributed by atoms with Crippen molar-refractivity contribution in [3.05, 3.63) is 100 Å². The zero-order valence-electron chi connectivity index (χ0n) is 13.4. The van der Waals surface area contributed by atoms with E-state index in [0.29, 0.717) is 0 Å². The summed E-state index contributed by atoms with van der Waals surface area (Å²) in [5.74, 6) is 0. The van der Waals surface area contributed by atoms with E-state index >= 15 is 0 Å². The number of nitrogens with zero attached hydrogens (tertiary/aromatic N) is 2. The molecule has 0 aromatic heterocycles. The number of para-hydroxylation sites is 1. The number of rotatable bonds is 3. The molecule has 0 amide bonds. The Bertz CT molecular complexity index is 905. The number of halogens is 2. The first-order valence-corrected chi connectivity index (χ1v) is 8.90. The largest absolute Gasteiger partial charge is 0.257 e. The lowest BCUT2D eigenvalue weighted by Gasteiger charge is -2.24. The summed E-state index contributed by atoms with van der Waals surface area (Å²) in [7, 11) is 0. The van der Waals surface area contributed by atoms with E-state index in [1.807, 2.05) is 60.7 Å². The lowest BCUT2D eigenvalue weighted by molar-refractivity contribution is 0.709. The van der Waals surface area contributed by atoms with Gasteiger partial charge in [-0.25, -0.2) is 0 Å². The molecule has 2 nitrogen and oxygen atoms in total. The highest BCUT2D eigenvalue weighted by Gasteiger charge is 2.31. The third-order valence-electron chi connectivity index (χ3n) is 4.37. The van der Waals surface area contributed by atoms with Gasteiger partial charge in [0, 0.05) is 16.5 Å². The van der Waals surface area contributed by atoms with E-state index in [9.17, 15) is 0 Å². The molecular weight excluding hydrogens is 351 g/mol. The minimum Gasteiger partial charge on any atom is -0.257 e. The van der Waals surface area contributed by atoms with Crippen LogP contribution in [0.3, 0.4) is 0 Å². The fraction of sp³-hybridized carbons (Fsp3) is 0.0952. The van der Waals surface area contributed by atoms with Crippen molar-refractivity contribution in [3.8, 4) is 0 Å². The lowest BCUT2D eigenvalue weighted by Crippen LogP contribution is -2.18. The summed E-state index contributed by atoms with van der Waals surface area (Å²) in [6.45, 7) is 0. The van der Waals surface area contributed by atoms with Crippen LogP contribution in [0.15, 0.2) is 84.0 Å². The number of hydrogen-bond acceptors (Lipinski definition) is 2. The molecule has 0 N–H and O–H groups in total. The summed E-state index contributed by atoms with van der Waals surface area (Å²) < 4.78 is 0. The fourth-order valence-corrected chi connectivity index (χ4v) is 3.52. The molecule has 1 aliphatic rings. The molecule has 4 heteroatoms. The molecule has 0 radical (unpaired) electrons. The SMILES string of the molecule is Clc1ccc(C2=NN(c3ccccc3)[C@H](c3ccccc3Cl)C2)cc1. The van der Waals surface area contributed by atoms with Gasteiger partial charge in [0.05, 0.1) is 17.4 Å². The van der Waals surface area contributed by atoms with Crippen LogP contribution in [-0.2, 0) is 0 Å². The molecule has 1 atom stereocenters. The maximum atomic E-state index is 6.48. The van der Waals surface area contributed by atoms with Crippen molar-refractivity contribution in [2.24, 2.45) is 5.10 Å². The Hall–Kier alpha value is -2.29. The van der Waals surface area contributed by atoms with Crippen molar-refractivity contribution < 1.29 is 0 Å². The van der Waals surface area contributed by atoms with Gasteiger partial charge in [0.15, 0.2) is 0 Å². The molecular formula is C21H16Cl2N2. The molecule has 0 saturated heterocycles. The summed E-state index contributed by atoms with van der Waals surface area (Å²) in [5, 5.41) is 8.46. The summed E-state index contributed by atoms with van der Waals surface area (Å²) in [6.07, 6.45) is 0.792. The first-order valence-electron chi connectivity index (χ1n) is 8.14. The monoisotopic (exact) mass is 366 g/mol. The van der Waals surface area contributed by atoms with Gasteiger partial charge in [0.1, 0.15) is 0 Å². The van der Waals surface area contributed by atoms with E-state index in [1.54, 1.807) is 0 Å². The van der Waals surface area contributed by atoms with Crippen LogP contribution in [0.5, 0.6) is 0 Å². The van der Waals surface area contributed by atoms with Gasteiger partial charge in [-0.2, -0.15) is 5.10 Å². The molecule has 4 rings (SSSR count). The molecule has 0 bridgehead atoms. The number of hydrogen-bond donors (Lipinski definition) is 0. The number of anilines is 1. The smallest absolute Gasteiger partial charge is 0.0846 e. The van der Waals surface area contributed by atoms with Crippen molar-refractivity contribution in [1.82, 2.24) is 0 Å². The van der Waals surface area contributed by atoms with Crippen molar-refractivity contribution >= 4 is 34.6 Å². The zero-order chi connectivity index (χ0) is 17.2. The summed E-state index contributed by atoms with van der Waals surface area (Å²) in [6, 6.07) is 26.1. The van der Waals surface area contributed by atoms with E-state index in [4.69, 9.17) is 28.3 Å². The topological polar surface area (TPSA) is 15.6 Å². The fourth-order valence-electron chi connectivity index (χ4n) is 3.13. The predicted octanol–water partition coefficient (Wildman–Crippen LogP) is 6.35. The molecule has 3 aromatic carbocycles. The minimum atomic E-state index is 0.0711. The maximum absolute atomic E-state index is 6.48. The Balaban J connectivity index is 1.77. The van der Waals surface area contributed by atoms with E-state index in [0.717, 1.165) is 39.0 Å². The quantitative estimate of drug-likeness (QED) is 0.527. The van der Waals surface area contributed by atoms with Crippen molar-refractivity contribution in [3.63, 3.8) is 0 Å². The molecule has 1 aliphatic heterocycles. The highest BCUT2D eigenvalue weighted by atomic mass is 35.5. The Morgan fingerprint density at radius 1 is 0.800 bits per heavy atom. The van der Waals surface area contributed by atoms with Gasteiger partial charge in [-0.3, -0.25) is 5.01 Å². The third-order valence-corrected chi connectivity index (χ3v) is 4.97. The first-order chi connectivity index (χ1) is 12.2. The van der Waals surface area contributed by atoms with Gasteiger partial charge < -0.3 is 0 Å². The molecule has 0 aliphatic carbocycles. The Labute approximate surface area is 157 Å². The van der Waals surface area contributed by atoms with Crippen LogP contribution >= 0.6 is 23.2 Å². The van der Waals surface area contributed by atoms with Gasteiger partial charge in [-0.15, -0.1) is 0 Å². The van der Waals surface area contributed by atoms with Crippen LogP contribution in [0.2, 0.25) is 10.0 Å². The predicted molar refractivity (Wildman–Crippen MR) is 106 cm³/mol. The maximum Gasteiger partial charge on any atom is 0.0846 e. The lowest BCUT2D eigenvalue weighted by atomic mass is 9.98. The van der Waals surface area contributed by atoms with Gasteiger partial charge in [0.25, 0.3) is 0 Å². The van der Waals surface area contributed by atoms with Crippen LogP contribution < -0.4 is 5.01 Å². The van der Waals surface area contributed by atoms with E-state index < -0.39 is 0 Å². The van der Waals surface area contributed by atoms with Crippen LogP contribution in [0, 0.1) is 0 Å². The minimum absolute atomic E-state index is 0.0711. The van der Waals surface area contributed by atoms with Crippen LogP contribution in [-0.4, -0.2) is 5.71 Å². The summed E-state index contributed by atoms with van der Waals surface area (Å²) >= 11 is 12.5. The van der Waals surface area contributed by atoms with Gasteiger partial charge in [-0.1, -0.05) is 71.7 Å². The highest BCUT2D eigenvalue weighted by Crippen LogP contribution is 2.39. The van der Waals surface area contributed by atoms with Gasteiger partial charge >= 0.3 is 0 Å². The molecule has 0 spiro atoms. The second-order valence-corrected chi connectivity index (χ2v) is 6.82. The van der Waals surface area contributed by atoms with Crippen LogP contribution in [0.4, 0.5) is 5.69 Å². The third kappa shape index (κ3) is 3.28. The standard InChI is InChI=1S/C21H16Cl2N2/c22-16-12-10-15(11-13-16)20-14-21(18-8-4-5-9-19(18)23)25(24-20)17-6-2-1-3-7-17/h1-13,21H,14H2/t21-/m0/s1. The van der Waals surface area contributed by atoms with Gasteiger partial charge in [-0.05, 0) is 41.5 Å². The molecule has 3 aromatic rings. The molecule has 0 saturated carbocycles. The Morgan fingerprint density at radius 2 is 1.48 bits per heavy atom. The Kier molecular flexibility index (Phi) is 4.48. The molecule has 0 unspecified atom stereocenters. The number of benzene rings is 3. The van der Waals surface area contributed by atoms with Crippen LogP contribution in [0.25, 0.3) is 0 Å². The Morgan fingerprint density at radius 3 is 2.20 bits per heavy atom. The molecule has 1 heterocycles.